The summed E-state index contributed by atoms with van der Waals surface area (Å²) in [5, 5.41) is 13.6. The highest BCUT2D eigenvalue weighted by Gasteiger charge is 2.52. The molecule has 2 aliphatic carbocycles. The van der Waals surface area contributed by atoms with Gasteiger partial charge >= 0.3 is 0 Å². The molecule has 17 nitrogen and oxygen atoms in total. The zero-order valence-electron chi connectivity index (χ0n) is 36.9. The minimum Gasteiger partial charge on any atom is -0.361 e. The molecule has 7 N–H and O–H groups in total. The normalized spacial score (nSPS) is 28.6. The Hall–Kier alpha value is -5.75. The van der Waals surface area contributed by atoms with Crippen LogP contribution in [0.2, 0.25) is 0 Å². The quantitative estimate of drug-likeness (QED) is 0.145. The molecule has 65 heavy (non-hydrogen) atoms. The van der Waals surface area contributed by atoms with Gasteiger partial charge in [-0.25, -0.2) is 13.1 Å². The van der Waals surface area contributed by atoms with E-state index >= 15 is 4.79 Å². The van der Waals surface area contributed by atoms with Crippen molar-refractivity contribution < 1.29 is 37.2 Å². The highest BCUT2D eigenvalue weighted by molar-refractivity contribution is 7.88. The molecule has 4 aromatic rings. The first-order chi connectivity index (χ1) is 31.2. The van der Waals surface area contributed by atoms with E-state index in [1.54, 1.807) is 11.1 Å². The van der Waals surface area contributed by atoms with Gasteiger partial charge in [0, 0.05) is 65.7 Å². The number of amides is 6. The lowest BCUT2D eigenvalue weighted by atomic mass is 9.84. The van der Waals surface area contributed by atoms with Crippen LogP contribution in [0.4, 0.5) is 0 Å². The summed E-state index contributed by atoms with van der Waals surface area (Å²) in [7, 11) is -3.90. The first kappa shape index (κ1) is 44.5. The number of nitrogens with zero attached hydrogens (tertiary/aromatic N) is 2. The summed E-state index contributed by atoms with van der Waals surface area (Å²) in [5.74, 6) is -3.40. The van der Waals surface area contributed by atoms with E-state index in [4.69, 9.17) is 0 Å². The van der Waals surface area contributed by atoms with Crippen molar-refractivity contribution in [3.05, 3.63) is 72.1 Å². The van der Waals surface area contributed by atoms with Crippen molar-refractivity contribution in [2.75, 3.05) is 12.8 Å². The summed E-state index contributed by atoms with van der Waals surface area (Å²) < 4.78 is 27.8. The Bertz CT molecular complexity index is 2620. The second-order valence-electron chi connectivity index (χ2n) is 19.0. The molecule has 2 saturated carbocycles. The lowest BCUT2D eigenvalue weighted by molar-refractivity contribution is -0.150. The second kappa shape index (κ2) is 17.9. The summed E-state index contributed by atoms with van der Waals surface area (Å²) in [6, 6.07) is 7.87. The fourth-order valence-electron chi connectivity index (χ4n) is 11.4. The molecule has 5 fully saturated rings. The average molecular weight is 910 g/mol. The molecule has 346 valence electrons. The number of sulfonamides is 1. The minimum atomic E-state index is -3.90. The van der Waals surface area contributed by atoms with Crippen molar-refractivity contribution >= 4 is 67.3 Å². The van der Waals surface area contributed by atoms with Gasteiger partial charge in [-0.2, -0.15) is 0 Å². The number of aromatic nitrogens is 2. The van der Waals surface area contributed by atoms with E-state index in [0.29, 0.717) is 44.1 Å². The number of hydrogen-bond donors (Lipinski definition) is 7. The molecule has 8 atom stereocenters. The van der Waals surface area contributed by atoms with Gasteiger partial charge in [-0.1, -0.05) is 62.1 Å². The van der Waals surface area contributed by atoms with Crippen LogP contribution in [-0.4, -0.2) is 124 Å². The lowest BCUT2D eigenvalue weighted by Crippen LogP contribution is -2.66. The van der Waals surface area contributed by atoms with Gasteiger partial charge in [0.15, 0.2) is 0 Å². The summed E-state index contributed by atoms with van der Waals surface area (Å²) in [4.78, 5) is 99.2. The van der Waals surface area contributed by atoms with Gasteiger partial charge in [0.2, 0.25) is 45.5 Å². The molecule has 1 unspecified atom stereocenters. The van der Waals surface area contributed by atoms with Crippen LogP contribution in [0.5, 0.6) is 0 Å². The van der Waals surface area contributed by atoms with Gasteiger partial charge in [0.1, 0.15) is 35.7 Å². The molecule has 2 aromatic carbocycles. The van der Waals surface area contributed by atoms with Gasteiger partial charge < -0.3 is 41.0 Å². The van der Waals surface area contributed by atoms with Gasteiger partial charge in [-0.3, -0.25) is 28.8 Å². The highest BCUT2D eigenvalue weighted by Crippen LogP contribution is 2.41. The Balaban J connectivity index is 1.14. The molecule has 5 heterocycles. The minimum absolute atomic E-state index is 0.0244. The molecule has 9 rings (SSSR count). The van der Waals surface area contributed by atoms with Gasteiger partial charge in [0.25, 0.3) is 0 Å². The van der Waals surface area contributed by atoms with Crippen molar-refractivity contribution in [1.82, 2.24) is 45.8 Å². The SMILES string of the molecule is CC(NS(C)(=O)=O)[C@@H]1NC(=O)[C@H](Cc2c[nH]c3ccccc23)NC(=O)C2(CCCC2)NC(=O)[C@H](Cc2c[nH]c3ccccc23)NC(=O)[C@@H]2C[C@@H]3CCCC[C@@H]3N2C(=O)[C@H]2CCCN2C1=O. The third-order valence-corrected chi connectivity index (χ3v) is 15.4. The van der Waals surface area contributed by atoms with Crippen molar-refractivity contribution in [3.8, 4) is 0 Å². The highest BCUT2D eigenvalue weighted by atomic mass is 32.2. The molecular formula is C47H59N9O8S. The molecule has 6 amide bonds. The van der Waals surface area contributed by atoms with Gasteiger partial charge in [-0.15, -0.1) is 0 Å². The average Bonchev–Trinajstić information content (AvgIpc) is 4.14. The number of para-hydroxylation sites is 2. The molecule has 2 aromatic heterocycles. The van der Waals surface area contributed by atoms with E-state index in [1.807, 2.05) is 54.7 Å². The molecular weight excluding hydrogens is 851 g/mol. The van der Waals surface area contributed by atoms with Crippen LogP contribution in [-0.2, 0) is 51.6 Å². The number of carbonyl (C=O) groups is 6. The fourth-order valence-corrected chi connectivity index (χ4v) is 12.3. The Morgan fingerprint density at radius 2 is 1.32 bits per heavy atom. The number of carbonyl (C=O) groups excluding carboxylic acids is 6. The topological polar surface area (TPSA) is 235 Å². The van der Waals surface area contributed by atoms with Crippen LogP contribution in [0.25, 0.3) is 21.8 Å². The van der Waals surface area contributed by atoms with E-state index in [1.165, 1.54) is 11.8 Å². The maximum atomic E-state index is 15.1. The fraction of sp³-hybridized carbons (Fsp3) is 0.532. The van der Waals surface area contributed by atoms with E-state index in [-0.39, 0.29) is 50.1 Å². The second-order valence-corrected chi connectivity index (χ2v) is 20.7. The largest absolute Gasteiger partial charge is 0.361 e. The maximum Gasteiger partial charge on any atom is 0.247 e. The van der Waals surface area contributed by atoms with Gasteiger partial charge in [-0.05, 0) is 81.0 Å². The number of hydrogen-bond acceptors (Lipinski definition) is 8. The summed E-state index contributed by atoms with van der Waals surface area (Å²) in [6.45, 7) is 1.64. The van der Waals surface area contributed by atoms with Crippen LogP contribution in [0.3, 0.4) is 0 Å². The monoisotopic (exact) mass is 909 g/mol. The number of fused-ring (bicyclic) bond motifs is 6. The molecule has 0 bridgehead atoms. The van der Waals surface area contributed by atoms with E-state index in [9.17, 15) is 32.4 Å². The molecule has 1 spiro atoms. The summed E-state index contributed by atoms with van der Waals surface area (Å²) >= 11 is 0. The van der Waals surface area contributed by atoms with Crippen LogP contribution in [0.1, 0.15) is 88.7 Å². The van der Waals surface area contributed by atoms with E-state index < -0.39 is 81.3 Å². The first-order valence-electron chi connectivity index (χ1n) is 23.1. The molecule has 5 aliphatic rings. The van der Waals surface area contributed by atoms with Crippen LogP contribution >= 0.6 is 0 Å². The van der Waals surface area contributed by atoms with Crippen molar-refractivity contribution in [2.24, 2.45) is 5.92 Å². The molecule has 3 aliphatic heterocycles. The lowest BCUT2D eigenvalue weighted by Gasteiger charge is -2.39. The molecule has 0 radical (unpaired) electrons. The number of aromatic amines is 2. The van der Waals surface area contributed by atoms with E-state index in [0.717, 1.165) is 52.9 Å². The predicted molar refractivity (Wildman–Crippen MR) is 242 cm³/mol. The Kier molecular flexibility index (Phi) is 12.2. The van der Waals surface area contributed by atoms with Crippen molar-refractivity contribution in [2.45, 2.75) is 138 Å². The number of nitrogens with one attached hydrogen (secondary N) is 7. The van der Waals surface area contributed by atoms with Crippen LogP contribution in [0, 0.1) is 5.92 Å². The Labute approximate surface area is 378 Å². The summed E-state index contributed by atoms with van der Waals surface area (Å²) in [6.07, 6.45) is 10.8. The third-order valence-electron chi connectivity index (χ3n) is 14.6. The van der Waals surface area contributed by atoms with Crippen molar-refractivity contribution in [1.29, 1.82) is 0 Å². The van der Waals surface area contributed by atoms with E-state index in [2.05, 4.69) is 36.0 Å². The van der Waals surface area contributed by atoms with Crippen molar-refractivity contribution in [3.63, 3.8) is 0 Å². The van der Waals surface area contributed by atoms with Crippen LogP contribution < -0.4 is 26.0 Å². The zero-order chi connectivity index (χ0) is 45.6. The molecule has 18 heteroatoms. The smallest absolute Gasteiger partial charge is 0.247 e. The zero-order valence-corrected chi connectivity index (χ0v) is 37.7. The summed E-state index contributed by atoms with van der Waals surface area (Å²) in [5.41, 5.74) is 1.69. The number of rotatable bonds is 7. The molecule has 3 saturated heterocycles. The Morgan fingerprint density at radius 1 is 0.708 bits per heavy atom. The number of benzene rings is 2. The standard InChI is InChI=1S/C47H59N9O8S/c1-27(54-65(2,63)64)40-45(61)55-21-11-18-38(55)44(60)56-37-17-8-3-12-28(37)24-39(56)43(59)50-36(23-30-26-49-34-16-7-5-14-32(30)34)42(58)53-47(19-9-10-20-47)46(62)51-35(41(57)52-40)22-29-25-48-33-15-6-4-13-31(29)33/h4-7,13-16,25-28,35-40,48-49,54H,3,8-12,17-24H2,1-2H3,(H,50,59)(H,51,62)(H,52,57)(H,53,58)/t27?,28-,35-,36-,37-,38+,39-,40-/m0/s1. The van der Waals surface area contributed by atoms with Gasteiger partial charge in [0.05, 0.1) is 6.26 Å². The first-order valence-corrected chi connectivity index (χ1v) is 25.0. The third kappa shape index (κ3) is 8.86. The predicted octanol–water partition coefficient (Wildman–Crippen LogP) is 2.42. The maximum absolute atomic E-state index is 15.1. The number of H-pyrrole nitrogens is 2. The van der Waals surface area contributed by atoms with Crippen LogP contribution in [0.15, 0.2) is 60.9 Å². The Morgan fingerprint density at radius 3 is 1.97 bits per heavy atom.